The third kappa shape index (κ3) is 4.42. The van der Waals surface area contributed by atoms with Crippen molar-refractivity contribution >= 4 is 23.6 Å². The van der Waals surface area contributed by atoms with E-state index in [1.165, 1.54) is 0 Å². The zero-order chi connectivity index (χ0) is 28.0. The van der Waals surface area contributed by atoms with Gasteiger partial charge < -0.3 is 15.4 Å². The van der Waals surface area contributed by atoms with E-state index in [4.69, 9.17) is 20.4 Å². The topological polar surface area (TPSA) is 132 Å². The highest BCUT2D eigenvalue weighted by Gasteiger charge is 2.35. The summed E-state index contributed by atoms with van der Waals surface area (Å²) in [5.41, 5.74) is 9.63. The van der Waals surface area contributed by atoms with E-state index < -0.39 is 6.09 Å². The molecule has 0 saturated carbocycles. The van der Waals surface area contributed by atoms with Crippen LogP contribution in [0.25, 0.3) is 17.2 Å². The molecule has 204 valence electrons. The molecule has 40 heavy (non-hydrogen) atoms. The molecule has 0 aliphatic carbocycles. The quantitative estimate of drug-likeness (QED) is 0.388. The van der Waals surface area contributed by atoms with Crippen molar-refractivity contribution in [3.8, 4) is 17.2 Å². The van der Waals surface area contributed by atoms with Gasteiger partial charge in [-0.3, -0.25) is 14.3 Å². The van der Waals surface area contributed by atoms with Crippen LogP contribution in [0.1, 0.15) is 52.8 Å². The van der Waals surface area contributed by atoms with Crippen LogP contribution >= 0.6 is 0 Å². The van der Waals surface area contributed by atoms with Crippen molar-refractivity contribution in [2.24, 2.45) is 5.73 Å². The Kier molecular flexibility index (Phi) is 6.41. The van der Waals surface area contributed by atoms with Gasteiger partial charge in [-0.15, -0.1) is 10.2 Å². The number of hydrogen-bond acceptors (Lipinski definition) is 8. The van der Waals surface area contributed by atoms with E-state index in [-0.39, 0.29) is 19.1 Å². The number of carbonyl (C=O) groups is 2. The SMILES string of the molecule is Cc1ccccc1-n1c(C)nnc1-c1cccc(N2Cc3c(cc(N4CCC[C@H]4C)nc3COC(N)=O)C2=O)n1. The van der Waals surface area contributed by atoms with Crippen LogP contribution in [0, 0.1) is 13.8 Å². The molecular weight excluding hydrogens is 508 g/mol. The van der Waals surface area contributed by atoms with Gasteiger partial charge in [-0.25, -0.2) is 14.8 Å². The molecule has 5 heterocycles. The van der Waals surface area contributed by atoms with Gasteiger partial charge in [-0.2, -0.15) is 0 Å². The zero-order valence-electron chi connectivity index (χ0n) is 22.7. The van der Waals surface area contributed by atoms with Gasteiger partial charge >= 0.3 is 6.09 Å². The lowest BCUT2D eigenvalue weighted by molar-refractivity contribution is 0.0996. The number of nitrogens with zero attached hydrogens (tertiary/aromatic N) is 7. The van der Waals surface area contributed by atoms with Crippen LogP contribution in [-0.4, -0.2) is 49.3 Å². The lowest BCUT2D eigenvalue weighted by Gasteiger charge is -2.23. The predicted molar refractivity (Wildman–Crippen MR) is 149 cm³/mol. The number of ether oxygens (including phenoxy) is 1. The number of amides is 2. The molecule has 6 rings (SSSR count). The second kappa shape index (κ2) is 10.1. The molecule has 1 atom stereocenters. The molecule has 1 saturated heterocycles. The molecule has 0 radical (unpaired) electrons. The molecule has 3 aromatic heterocycles. The van der Waals surface area contributed by atoms with Gasteiger partial charge in [0.05, 0.1) is 23.5 Å². The zero-order valence-corrected chi connectivity index (χ0v) is 22.7. The number of nitrogens with two attached hydrogens (primary N) is 1. The third-order valence-electron chi connectivity index (χ3n) is 7.61. The fraction of sp³-hybridized carbons (Fsp3) is 0.310. The standard InChI is InChI=1S/C29H30N8O3/c1-17-8-4-5-11-24(17)37-19(3)33-34-27(37)22-10-6-12-25(31-22)36-15-21-20(28(36)38)14-26(35-13-7-9-18(35)2)32-23(21)16-40-29(30)39/h4-6,8,10-12,14,18H,7,9,13,15-16H2,1-3H3,(H2,30,39)/t18-/m1/s1. The van der Waals surface area contributed by atoms with Crippen molar-refractivity contribution in [3.05, 3.63) is 76.7 Å². The largest absolute Gasteiger partial charge is 0.443 e. The van der Waals surface area contributed by atoms with Crippen LogP contribution in [0.5, 0.6) is 0 Å². The molecule has 4 aromatic rings. The minimum atomic E-state index is -0.890. The first-order chi connectivity index (χ1) is 19.3. The number of aryl methyl sites for hydroxylation is 2. The summed E-state index contributed by atoms with van der Waals surface area (Å²) in [6.45, 7) is 7.06. The second-order valence-electron chi connectivity index (χ2n) is 10.2. The number of hydrogen-bond donors (Lipinski definition) is 1. The van der Waals surface area contributed by atoms with Crippen LogP contribution in [0.4, 0.5) is 16.4 Å². The number of pyridine rings is 2. The van der Waals surface area contributed by atoms with E-state index in [9.17, 15) is 9.59 Å². The highest BCUT2D eigenvalue weighted by atomic mass is 16.5. The van der Waals surface area contributed by atoms with Crippen LogP contribution in [0.15, 0.2) is 48.5 Å². The smallest absolute Gasteiger partial charge is 0.404 e. The number of anilines is 2. The van der Waals surface area contributed by atoms with Crippen molar-refractivity contribution in [1.29, 1.82) is 0 Å². The number of carbonyl (C=O) groups excluding carboxylic acids is 2. The van der Waals surface area contributed by atoms with Crippen LogP contribution in [0.2, 0.25) is 0 Å². The summed E-state index contributed by atoms with van der Waals surface area (Å²) in [6, 6.07) is 15.7. The average molecular weight is 539 g/mol. The van der Waals surface area contributed by atoms with E-state index in [0.717, 1.165) is 36.5 Å². The number of para-hydroxylation sites is 1. The number of aromatic nitrogens is 5. The van der Waals surface area contributed by atoms with Crippen molar-refractivity contribution in [2.75, 3.05) is 16.3 Å². The highest BCUT2D eigenvalue weighted by molar-refractivity contribution is 6.10. The van der Waals surface area contributed by atoms with Gasteiger partial charge in [0.2, 0.25) is 0 Å². The first-order valence-electron chi connectivity index (χ1n) is 13.3. The summed E-state index contributed by atoms with van der Waals surface area (Å²) in [5.74, 6) is 2.31. The van der Waals surface area contributed by atoms with Gasteiger partial charge in [0.15, 0.2) is 5.82 Å². The monoisotopic (exact) mass is 538 g/mol. The average Bonchev–Trinajstić information content (AvgIpc) is 3.64. The Morgan fingerprint density at radius 2 is 1.90 bits per heavy atom. The molecule has 2 aliphatic heterocycles. The van der Waals surface area contributed by atoms with Gasteiger partial charge in [0.25, 0.3) is 5.91 Å². The molecule has 1 fully saturated rings. The summed E-state index contributed by atoms with van der Waals surface area (Å²) in [5, 5.41) is 8.73. The minimum absolute atomic E-state index is 0.110. The van der Waals surface area contributed by atoms with E-state index in [1.807, 2.05) is 60.9 Å². The minimum Gasteiger partial charge on any atom is -0.443 e. The highest BCUT2D eigenvalue weighted by Crippen LogP contribution is 2.35. The first kappa shape index (κ1) is 25.5. The number of fused-ring (bicyclic) bond motifs is 1. The summed E-state index contributed by atoms with van der Waals surface area (Å²) in [7, 11) is 0. The first-order valence-corrected chi connectivity index (χ1v) is 13.3. The molecule has 1 aromatic carbocycles. The summed E-state index contributed by atoms with van der Waals surface area (Å²) >= 11 is 0. The van der Waals surface area contributed by atoms with E-state index >= 15 is 0 Å². The Hall–Kier alpha value is -4.80. The molecule has 0 spiro atoms. The van der Waals surface area contributed by atoms with Gasteiger partial charge in [0.1, 0.15) is 29.8 Å². The van der Waals surface area contributed by atoms with Gasteiger partial charge in [-0.1, -0.05) is 24.3 Å². The Labute approximate surface area is 231 Å². The Balaban J connectivity index is 1.38. The number of primary amides is 1. The number of benzene rings is 1. The fourth-order valence-electron chi connectivity index (χ4n) is 5.55. The molecule has 2 amide bonds. The summed E-state index contributed by atoms with van der Waals surface area (Å²) in [6.07, 6.45) is 1.21. The third-order valence-corrected chi connectivity index (χ3v) is 7.61. The molecule has 0 unspecified atom stereocenters. The normalized spacial score (nSPS) is 16.5. The van der Waals surface area contributed by atoms with Gasteiger partial charge in [0, 0.05) is 18.2 Å². The predicted octanol–water partition coefficient (Wildman–Crippen LogP) is 4.09. The Bertz CT molecular complexity index is 1630. The maximum atomic E-state index is 13.8. The van der Waals surface area contributed by atoms with Crippen LogP contribution in [-0.2, 0) is 17.9 Å². The maximum absolute atomic E-state index is 13.8. The second-order valence-corrected chi connectivity index (χ2v) is 10.2. The van der Waals surface area contributed by atoms with Crippen molar-refractivity contribution in [1.82, 2.24) is 24.7 Å². The Morgan fingerprint density at radius 3 is 2.65 bits per heavy atom. The molecule has 11 heteroatoms. The fourth-order valence-corrected chi connectivity index (χ4v) is 5.55. The van der Waals surface area contributed by atoms with E-state index in [1.54, 1.807) is 11.0 Å². The maximum Gasteiger partial charge on any atom is 0.404 e. The molecule has 2 N–H and O–H groups in total. The van der Waals surface area contributed by atoms with Crippen molar-refractivity contribution in [3.63, 3.8) is 0 Å². The van der Waals surface area contributed by atoms with Gasteiger partial charge in [-0.05, 0) is 63.4 Å². The Morgan fingerprint density at radius 1 is 1.07 bits per heavy atom. The van der Waals surface area contributed by atoms with Crippen LogP contribution < -0.4 is 15.5 Å². The van der Waals surface area contributed by atoms with E-state index in [2.05, 4.69) is 22.0 Å². The molecule has 11 nitrogen and oxygen atoms in total. The molecular formula is C29H30N8O3. The summed E-state index contributed by atoms with van der Waals surface area (Å²) in [4.78, 5) is 38.6. The summed E-state index contributed by atoms with van der Waals surface area (Å²) < 4.78 is 7.08. The number of rotatable bonds is 6. The lowest BCUT2D eigenvalue weighted by Crippen LogP contribution is -2.28. The van der Waals surface area contributed by atoms with E-state index in [0.29, 0.717) is 46.0 Å². The molecule has 0 bridgehead atoms. The molecule has 2 aliphatic rings. The van der Waals surface area contributed by atoms with Crippen molar-refractivity contribution in [2.45, 2.75) is 52.8 Å². The van der Waals surface area contributed by atoms with Crippen LogP contribution in [0.3, 0.4) is 0 Å². The van der Waals surface area contributed by atoms with Crippen molar-refractivity contribution < 1.29 is 14.3 Å². The lowest BCUT2D eigenvalue weighted by atomic mass is 10.1.